The zero-order valence-corrected chi connectivity index (χ0v) is 10.8. The Bertz CT molecular complexity index is 725. The SMILES string of the molecule is Cn1c(=O)oc2cc(C3C=CC4CCC3N4)ccc21. The van der Waals surface area contributed by atoms with Crippen molar-refractivity contribution in [1.29, 1.82) is 0 Å². The normalized spacial score (nSPS) is 29.2. The fourth-order valence-corrected chi connectivity index (χ4v) is 3.32. The summed E-state index contributed by atoms with van der Waals surface area (Å²) >= 11 is 0. The van der Waals surface area contributed by atoms with Gasteiger partial charge >= 0.3 is 5.76 Å². The van der Waals surface area contributed by atoms with E-state index in [0.717, 1.165) is 5.52 Å². The van der Waals surface area contributed by atoms with Crippen LogP contribution in [0, 0.1) is 0 Å². The molecule has 98 valence electrons. The molecule has 2 bridgehead atoms. The molecule has 1 saturated heterocycles. The van der Waals surface area contributed by atoms with Crippen LogP contribution < -0.4 is 11.1 Å². The molecule has 0 spiro atoms. The standard InChI is InChI=1S/C15H16N2O2/c1-17-13-7-2-9(8-14(13)19-15(17)18)11-5-3-10-4-6-12(11)16-10/h2-3,5,7-8,10-12,16H,4,6H2,1H3. The fraction of sp³-hybridized carbons (Fsp3) is 0.400. The van der Waals surface area contributed by atoms with Gasteiger partial charge < -0.3 is 9.73 Å². The molecule has 2 aliphatic heterocycles. The van der Waals surface area contributed by atoms with Gasteiger partial charge in [0.25, 0.3) is 0 Å². The highest BCUT2D eigenvalue weighted by atomic mass is 16.4. The minimum Gasteiger partial charge on any atom is -0.408 e. The quantitative estimate of drug-likeness (QED) is 0.793. The lowest BCUT2D eigenvalue weighted by molar-refractivity contribution is 0.511. The van der Waals surface area contributed by atoms with Gasteiger partial charge in [-0.2, -0.15) is 0 Å². The van der Waals surface area contributed by atoms with Crippen LogP contribution in [0.1, 0.15) is 24.3 Å². The monoisotopic (exact) mass is 256 g/mol. The number of fused-ring (bicyclic) bond motifs is 3. The molecule has 0 aliphatic carbocycles. The molecule has 0 amide bonds. The summed E-state index contributed by atoms with van der Waals surface area (Å²) in [6.45, 7) is 0. The van der Waals surface area contributed by atoms with Crippen molar-refractivity contribution in [3.8, 4) is 0 Å². The van der Waals surface area contributed by atoms with Crippen molar-refractivity contribution in [3.63, 3.8) is 0 Å². The Kier molecular flexibility index (Phi) is 2.23. The third-order valence-electron chi connectivity index (χ3n) is 4.40. The smallest absolute Gasteiger partial charge is 0.408 e. The highest BCUT2D eigenvalue weighted by Crippen LogP contribution is 2.34. The maximum atomic E-state index is 11.5. The third kappa shape index (κ3) is 1.60. The van der Waals surface area contributed by atoms with Gasteiger partial charge in [-0.05, 0) is 30.5 Å². The van der Waals surface area contributed by atoms with E-state index in [1.54, 1.807) is 11.6 Å². The number of nitrogens with one attached hydrogen (secondary N) is 1. The number of nitrogens with zero attached hydrogens (tertiary/aromatic N) is 1. The van der Waals surface area contributed by atoms with E-state index in [0.29, 0.717) is 23.6 Å². The van der Waals surface area contributed by atoms with E-state index in [-0.39, 0.29) is 5.76 Å². The summed E-state index contributed by atoms with van der Waals surface area (Å²) in [5, 5.41) is 3.62. The van der Waals surface area contributed by atoms with Gasteiger partial charge in [0.2, 0.25) is 0 Å². The molecule has 1 aromatic carbocycles. The molecule has 0 radical (unpaired) electrons. The summed E-state index contributed by atoms with van der Waals surface area (Å²) in [6, 6.07) is 7.16. The molecule has 1 fully saturated rings. The summed E-state index contributed by atoms with van der Waals surface area (Å²) < 4.78 is 6.81. The molecule has 4 nitrogen and oxygen atoms in total. The van der Waals surface area contributed by atoms with Gasteiger partial charge in [-0.1, -0.05) is 18.2 Å². The third-order valence-corrected chi connectivity index (χ3v) is 4.40. The van der Waals surface area contributed by atoms with E-state index in [2.05, 4.69) is 23.5 Å². The van der Waals surface area contributed by atoms with Crippen LogP contribution in [0.3, 0.4) is 0 Å². The van der Waals surface area contributed by atoms with Crippen LogP contribution in [0.25, 0.3) is 11.1 Å². The van der Waals surface area contributed by atoms with E-state index in [1.807, 2.05) is 12.1 Å². The maximum Gasteiger partial charge on any atom is 0.419 e. The first-order valence-corrected chi connectivity index (χ1v) is 6.76. The Morgan fingerprint density at radius 1 is 1.32 bits per heavy atom. The van der Waals surface area contributed by atoms with Crippen molar-refractivity contribution in [2.24, 2.45) is 7.05 Å². The highest BCUT2D eigenvalue weighted by Gasteiger charge is 2.32. The molecular formula is C15H16N2O2. The highest BCUT2D eigenvalue weighted by molar-refractivity contribution is 5.74. The largest absolute Gasteiger partial charge is 0.419 e. The Balaban J connectivity index is 1.81. The fourth-order valence-electron chi connectivity index (χ4n) is 3.32. The van der Waals surface area contributed by atoms with Gasteiger partial charge in [0, 0.05) is 25.0 Å². The van der Waals surface area contributed by atoms with Crippen molar-refractivity contribution < 1.29 is 4.42 Å². The first kappa shape index (κ1) is 11.1. The summed E-state index contributed by atoms with van der Waals surface area (Å²) in [4.78, 5) is 11.5. The average Bonchev–Trinajstić information content (AvgIpc) is 2.92. The predicted octanol–water partition coefficient (Wildman–Crippen LogP) is 1.91. The van der Waals surface area contributed by atoms with Gasteiger partial charge in [0.1, 0.15) is 0 Å². The molecule has 0 saturated carbocycles. The second-order valence-electron chi connectivity index (χ2n) is 5.52. The molecule has 4 rings (SSSR count). The first-order valence-electron chi connectivity index (χ1n) is 6.76. The molecule has 3 atom stereocenters. The second-order valence-corrected chi connectivity index (χ2v) is 5.52. The van der Waals surface area contributed by atoms with Crippen LogP contribution in [0.4, 0.5) is 0 Å². The summed E-state index contributed by atoms with van der Waals surface area (Å²) in [6.07, 6.45) is 6.99. The topological polar surface area (TPSA) is 47.2 Å². The van der Waals surface area contributed by atoms with Crippen molar-refractivity contribution >= 4 is 11.1 Å². The summed E-state index contributed by atoms with van der Waals surface area (Å²) in [5.41, 5.74) is 2.75. The number of hydrogen-bond donors (Lipinski definition) is 1. The molecule has 19 heavy (non-hydrogen) atoms. The van der Waals surface area contributed by atoms with Crippen LogP contribution in [-0.4, -0.2) is 16.7 Å². The van der Waals surface area contributed by atoms with E-state index in [1.165, 1.54) is 18.4 Å². The van der Waals surface area contributed by atoms with Crippen molar-refractivity contribution in [3.05, 3.63) is 46.5 Å². The zero-order chi connectivity index (χ0) is 13.0. The van der Waals surface area contributed by atoms with Gasteiger partial charge in [-0.15, -0.1) is 0 Å². The van der Waals surface area contributed by atoms with Crippen LogP contribution in [-0.2, 0) is 7.05 Å². The van der Waals surface area contributed by atoms with Crippen LogP contribution in [0.15, 0.2) is 39.6 Å². The Hall–Kier alpha value is -1.81. The first-order chi connectivity index (χ1) is 9.22. The lowest BCUT2D eigenvalue weighted by atomic mass is 9.89. The maximum absolute atomic E-state index is 11.5. The molecule has 1 aromatic heterocycles. The minimum absolute atomic E-state index is 0.301. The molecular weight excluding hydrogens is 240 g/mol. The van der Waals surface area contributed by atoms with Crippen molar-refractivity contribution in [2.75, 3.05) is 0 Å². The summed E-state index contributed by atoms with van der Waals surface area (Å²) in [5.74, 6) is 0.0825. The Labute approximate surface area is 110 Å². The Morgan fingerprint density at radius 2 is 2.21 bits per heavy atom. The van der Waals surface area contributed by atoms with E-state index in [4.69, 9.17) is 4.42 Å². The van der Waals surface area contributed by atoms with E-state index in [9.17, 15) is 4.79 Å². The van der Waals surface area contributed by atoms with E-state index >= 15 is 0 Å². The van der Waals surface area contributed by atoms with Gasteiger partial charge in [0.05, 0.1) is 5.52 Å². The molecule has 1 N–H and O–H groups in total. The zero-order valence-electron chi connectivity index (χ0n) is 10.8. The second kappa shape index (κ2) is 3.84. The summed E-state index contributed by atoms with van der Waals surface area (Å²) in [7, 11) is 1.73. The van der Waals surface area contributed by atoms with Gasteiger partial charge in [0.15, 0.2) is 5.58 Å². The van der Waals surface area contributed by atoms with Crippen molar-refractivity contribution in [1.82, 2.24) is 9.88 Å². The van der Waals surface area contributed by atoms with Crippen LogP contribution in [0.5, 0.6) is 0 Å². The lowest BCUT2D eigenvalue weighted by Crippen LogP contribution is -2.35. The lowest BCUT2D eigenvalue weighted by Gasteiger charge is -2.25. The number of rotatable bonds is 1. The van der Waals surface area contributed by atoms with Gasteiger partial charge in [-0.3, -0.25) is 4.57 Å². The minimum atomic E-state index is -0.301. The predicted molar refractivity (Wildman–Crippen MR) is 73.3 cm³/mol. The average molecular weight is 256 g/mol. The number of aromatic nitrogens is 1. The molecule has 4 heteroatoms. The Morgan fingerprint density at radius 3 is 3.11 bits per heavy atom. The number of hydrogen-bond acceptors (Lipinski definition) is 3. The molecule has 3 heterocycles. The number of oxazole rings is 1. The molecule has 2 aromatic rings. The van der Waals surface area contributed by atoms with Crippen LogP contribution >= 0.6 is 0 Å². The number of benzene rings is 1. The van der Waals surface area contributed by atoms with Crippen molar-refractivity contribution in [2.45, 2.75) is 30.8 Å². The molecule has 2 aliphatic rings. The van der Waals surface area contributed by atoms with Gasteiger partial charge in [-0.25, -0.2) is 4.79 Å². The van der Waals surface area contributed by atoms with Crippen LogP contribution in [0.2, 0.25) is 0 Å². The molecule has 3 unspecified atom stereocenters. The number of aryl methyl sites for hydroxylation is 1. The van der Waals surface area contributed by atoms with E-state index < -0.39 is 0 Å².